The first-order chi connectivity index (χ1) is 9.42. The van der Waals surface area contributed by atoms with Gasteiger partial charge in [-0.15, -0.1) is 15.7 Å². The summed E-state index contributed by atoms with van der Waals surface area (Å²) >= 11 is 7.09. The van der Waals surface area contributed by atoms with E-state index in [9.17, 15) is 8.42 Å². The molecule has 0 radical (unpaired) electrons. The van der Waals surface area contributed by atoms with Crippen molar-refractivity contribution in [2.45, 2.75) is 43.2 Å². The first-order valence-electron chi connectivity index (χ1n) is 6.60. The van der Waals surface area contributed by atoms with Crippen molar-refractivity contribution in [3.05, 3.63) is 9.90 Å². The van der Waals surface area contributed by atoms with Crippen molar-refractivity contribution < 1.29 is 8.42 Å². The second kappa shape index (κ2) is 4.98. The summed E-state index contributed by atoms with van der Waals surface area (Å²) in [6, 6.07) is 0. The number of amidine groups is 1. The molecule has 0 spiro atoms. The van der Waals surface area contributed by atoms with Crippen LogP contribution in [0.1, 0.15) is 37.7 Å². The summed E-state index contributed by atoms with van der Waals surface area (Å²) in [5.74, 6) is 6.73. The lowest BCUT2D eigenvalue weighted by molar-refractivity contribution is 0.435. The SMILES string of the molecule is Cc1c(Cl)sc2c1N(N)C(C1CCCCC1)=NS2(=O)=O. The van der Waals surface area contributed by atoms with Gasteiger partial charge in [0.2, 0.25) is 0 Å². The summed E-state index contributed by atoms with van der Waals surface area (Å²) in [6.45, 7) is 1.79. The smallest absolute Gasteiger partial charge is 0.262 e. The Balaban J connectivity index is 2.10. The molecule has 1 fully saturated rings. The molecule has 5 nitrogen and oxygen atoms in total. The zero-order valence-corrected chi connectivity index (χ0v) is 13.5. The van der Waals surface area contributed by atoms with Crippen molar-refractivity contribution >= 4 is 44.5 Å². The van der Waals surface area contributed by atoms with Gasteiger partial charge < -0.3 is 0 Å². The van der Waals surface area contributed by atoms with Crippen molar-refractivity contribution in [2.24, 2.45) is 16.2 Å². The Bertz CT molecular complexity index is 675. The van der Waals surface area contributed by atoms with E-state index in [4.69, 9.17) is 17.4 Å². The third-order valence-electron chi connectivity index (χ3n) is 3.93. The zero-order chi connectivity index (χ0) is 14.5. The van der Waals surface area contributed by atoms with E-state index in [0.717, 1.165) is 37.0 Å². The summed E-state index contributed by atoms with van der Waals surface area (Å²) in [6.07, 6.45) is 5.25. The molecule has 1 aromatic heterocycles. The predicted octanol–water partition coefficient (Wildman–Crippen LogP) is 3.07. The van der Waals surface area contributed by atoms with Crippen molar-refractivity contribution in [3.63, 3.8) is 0 Å². The topological polar surface area (TPSA) is 75.8 Å². The number of rotatable bonds is 1. The van der Waals surface area contributed by atoms with Gasteiger partial charge >= 0.3 is 0 Å². The van der Waals surface area contributed by atoms with Crippen LogP contribution >= 0.6 is 22.9 Å². The van der Waals surface area contributed by atoms with E-state index in [2.05, 4.69) is 4.40 Å². The second-order valence-electron chi connectivity index (χ2n) is 5.27. The molecule has 8 heteroatoms. The molecule has 1 aliphatic carbocycles. The molecule has 3 rings (SSSR count). The highest BCUT2D eigenvalue weighted by Crippen LogP contribution is 2.45. The van der Waals surface area contributed by atoms with E-state index in [1.807, 2.05) is 0 Å². The lowest BCUT2D eigenvalue weighted by Gasteiger charge is -2.32. The molecule has 0 unspecified atom stereocenters. The van der Waals surface area contributed by atoms with E-state index in [1.54, 1.807) is 6.92 Å². The molecule has 110 valence electrons. The Morgan fingerprint density at radius 2 is 2.00 bits per heavy atom. The minimum atomic E-state index is -3.67. The Morgan fingerprint density at radius 1 is 1.35 bits per heavy atom. The molecule has 0 atom stereocenters. The van der Waals surface area contributed by atoms with Crippen LogP contribution in [0.5, 0.6) is 0 Å². The summed E-state index contributed by atoms with van der Waals surface area (Å²) < 4.78 is 29.2. The fourth-order valence-corrected chi connectivity index (χ4v) is 5.93. The van der Waals surface area contributed by atoms with E-state index < -0.39 is 10.0 Å². The molecular formula is C12H16ClN3O2S2. The molecule has 1 aliphatic heterocycles. The van der Waals surface area contributed by atoms with E-state index in [1.165, 1.54) is 11.4 Å². The molecule has 0 aromatic carbocycles. The van der Waals surface area contributed by atoms with Crippen LogP contribution in [0, 0.1) is 12.8 Å². The van der Waals surface area contributed by atoms with Gasteiger partial charge in [0.25, 0.3) is 10.0 Å². The van der Waals surface area contributed by atoms with Gasteiger partial charge in [0.1, 0.15) is 5.84 Å². The maximum atomic E-state index is 12.3. The maximum Gasteiger partial charge on any atom is 0.295 e. The van der Waals surface area contributed by atoms with Crippen LogP contribution in [0.3, 0.4) is 0 Å². The highest BCUT2D eigenvalue weighted by atomic mass is 35.5. The summed E-state index contributed by atoms with van der Waals surface area (Å²) in [5.41, 5.74) is 1.21. The molecule has 20 heavy (non-hydrogen) atoms. The van der Waals surface area contributed by atoms with Crippen LogP contribution in [-0.4, -0.2) is 14.3 Å². The first kappa shape index (κ1) is 14.3. The minimum Gasteiger partial charge on any atom is -0.262 e. The van der Waals surface area contributed by atoms with Crippen molar-refractivity contribution in [1.82, 2.24) is 0 Å². The third-order valence-corrected chi connectivity index (χ3v) is 7.28. The van der Waals surface area contributed by atoms with E-state index >= 15 is 0 Å². The fourth-order valence-electron chi connectivity index (χ4n) is 2.86. The summed E-state index contributed by atoms with van der Waals surface area (Å²) in [5, 5.41) is 1.43. The van der Waals surface area contributed by atoms with Crippen molar-refractivity contribution in [2.75, 3.05) is 5.01 Å². The van der Waals surface area contributed by atoms with Gasteiger partial charge in [0.15, 0.2) is 4.21 Å². The highest BCUT2D eigenvalue weighted by Gasteiger charge is 2.37. The highest BCUT2D eigenvalue weighted by molar-refractivity contribution is 7.92. The molecular weight excluding hydrogens is 318 g/mol. The van der Waals surface area contributed by atoms with E-state index in [0.29, 0.717) is 21.4 Å². The molecule has 2 aliphatic rings. The number of hydrogen-bond acceptors (Lipinski definition) is 5. The first-order valence-corrected chi connectivity index (χ1v) is 9.24. The Morgan fingerprint density at radius 3 is 2.65 bits per heavy atom. The lowest BCUT2D eigenvalue weighted by Crippen LogP contribution is -2.45. The van der Waals surface area contributed by atoms with Gasteiger partial charge in [0, 0.05) is 11.5 Å². The number of halogens is 1. The molecule has 2 heterocycles. The molecule has 0 bridgehead atoms. The van der Waals surface area contributed by atoms with Gasteiger partial charge in [-0.25, -0.2) is 5.84 Å². The lowest BCUT2D eigenvalue weighted by atomic mass is 9.88. The molecule has 0 saturated heterocycles. The van der Waals surface area contributed by atoms with Gasteiger partial charge in [-0.3, -0.25) is 5.01 Å². The Labute approximate surface area is 127 Å². The largest absolute Gasteiger partial charge is 0.295 e. The molecule has 0 amide bonds. The van der Waals surface area contributed by atoms with E-state index in [-0.39, 0.29) is 10.1 Å². The summed E-state index contributed by atoms with van der Waals surface area (Å²) in [7, 11) is -3.67. The monoisotopic (exact) mass is 333 g/mol. The van der Waals surface area contributed by atoms with Crippen molar-refractivity contribution in [3.8, 4) is 0 Å². The number of sulfonamides is 1. The quantitative estimate of drug-likeness (QED) is 0.801. The number of fused-ring (bicyclic) bond motifs is 1. The van der Waals surface area contributed by atoms with Crippen molar-refractivity contribution in [1.29, 1.82) is 0 Å². The number of anilines is 1. The molecule has 1 saturated carbocycles. The fraction of sp³-hybridized carbons (Fsp3) is 0.583. The van der Waals surface area contributed by atoms with Crippen LogP contribution in [0.25, 0.3) is 0 Å². The van der Waals surface area contributed by atoms with Gasteiger partial charge in [-0.1, -0.05) is 30.9 Å². The van der Waals surface area contributed by atoms with Gasteiger partial charge in [-0.2, -0.15) is 8.42 Å². The second-order valence-corrected chi connectivity index (χ2v) is 8.69. The van der Waals surface area contributed by atoms with Crippen LogP contribution < -0.4 is 10.9 Å². The minimum absolute atomic E-state index is 0.120. The number of hydrazine groups is 1. The average molecular weight is 334 g/mol. The third kappa shape index (κ3) is 2.16. The molecule has 2 N–H and O–H groups in total. The Hall–Kier alpha value is -0.630. The number of nitrogens with zero attached hydrogens (tertiary/aromatic N) is 2. The average Bonchev–Trinajstić information content (AvgIpc) is 2.73. The van der Waals surface area contributed by atoms with Crippen LogP contribution in [-0.2, 0) is 10.0 Å². The standard InChI is InChI=1S/C12H16ClN3O2S2/c1-7-9-12(19-10(7)13)20(17,18)15-11(16(9)14)8-5-3-2-4-6-8/h8H,2-6,14H2,1H3. The number of hydrogen-bond donors (Lipinski definition) is 1. The van der Waals surface area contributed by atoms with Crippen LogP contribution in [0.4, 0.5) is 5.69 Å². The molecule has 1 aromatic rings. The maximum absolute atomic E-state index is 12.3. The predicted molar refractivity (Wildman–Crippen MR) is 81.9 cm³/mol. The van der Waals surface area contributed by atoms with Gasteiger partial charge in [-0.05, 0) is 19.8 Å². The number of nitrogens with two attached hydrogens (primary N) is 1. The zero-order valence-electron chi connectivity index (χ0n) is 11.1. The normalized spacial score (nSPS) is 22.6. The summed E-state index contributed by atoms with van der Waals surface area (Å²) in [4.78, 5) is 0. The number of thiophene rings is 1. The van der Waals surface area contributed by atoms with Crippen LogP contribution in [0.2, 0.25) is 4.34 Å². The van der Waals surface area contributed by atoms with Crippen LogP contribution in [0.15, 0.2) is 8.61 Å². The Kier molecular flexibility index (Phi) is 3.56. The van der Waals surface area contributed by atoms with Gasteiger partial charge in [0.05, 0.1) is 10.0 Å².